The molecule has 21 heavy (non-hydrogen) atoms. The molecule has 2 aliphatic rings. The van der Waals surface area contributed by atoms with Crippen LogP contribution in [0.1, 0.15) is 37.4 Å². The molecule has 0 radical (unpaired) electrons. The van der Waals surface area contributed by atoms with Gasteiger partial charge in [-0.25, -0.2) is 0 Å². The molecule has 1 aromatic heterocycles. The molecular weight excluding hydrogens is 262 g/mol. The highest BCUT2D eigenvalue weighted by Gasteiger charge is 2.32. The van der Waals surface area contributed by atoms with Crippen molar-refractivity contribution in [3.8, 4) is 0 Å². The van der Waals surface area contributed by atoms with Gasteiger partial charge in [-0.1, -0.05) is 6.42 Å². The molecule has 1 aromatic rings. The first-order chi connectivity index (χ1) is 10.1. The van der Waals surface area contributed by atoms with Gasteiger partial charge in [0.25, 0.3) is 0 Å². The lowest BCUT2D eigenvalue weighted by molar-refractivity contribution is 0.0111. The molecule has 0 saturated carbocycles. The molecule has 3 N–H and O–H groups in total. The molecule has 2 aliphatic heterocycles. The third kappa shape index (κ3) is 3.24. The Balaban J connectivity index is 1.69. The summed E-state index contributed by atoms with van der Waals surface area (Å²) >= 11 is 0. The van der Waals surface area contributed by atoms with Crippen molar-refractivity contribution < 1.29 is 0 Å². The average molecular weight is 287 g/mol. The minimum absolute atomic E-state index is 0.0435. The monoisotopic (exact) mass is 287 g/mol. The smallest absolute Gasteiger partial charge is 0.141 e. The number of piperazine rings is 1. The molecule has 5 heteroatoms. The number of hydrogen-bond donors (Lipinski definition) is 2. The number of fused-ring (bicyclic) bond motifs is 1. The van der Waals surface area contributed by atoms with Gasteiger partial charge in [0.1, 0.15) is 11.5 Å². The average Bonchev–Trinajstić information content (AvgIpc) is 2.48. The Bertz CT molecular complexity index is 515. The molecule has 0 amide bonds. The molecule has 0 aromatic carbocycles. The minimum atomic E-state index is 0.0435. The summed E-state index contributed by atoms with van der Waals surface area (Å²) in [6.07, 6.45) is 5.81. The molecule has 2 saturated heterocycles. The van der Waals surface area contributed by atoms with Gasteiger partial charge in [-0.2, -0.15) is 0 Å². The molecule has 3 heterocycles. The van der Waals surface area contributed by atoms with Crippen LogP contribution >= 0.6 is 0 Å². The third-order valence-corrected chi connectivity index (χ3v) is 4.80. The molecule has 3 rings (SSSR count). The second-order valence-electron chi connectivity index (χ2n) is 6.39. The number of piperidine rings is 1. The van der Waals surface area contributed by atoms with Crippen LogP contribution in [-0.4, -0.2) is 52.3 Å². The van der Waals surface area contributed by atoms with Gasteiger partial charge in [0, 0.05) is 37.9 Å². The molecular formula is C16H25N5. The fourth-order valence-electron chi connectivity index (χ4n) is 3.59. The van der Waals surface area contributed by atoms with Crippen LogP contribution in [0.25, 0.3) is 0 Å². The molecule has 2 unspecified atom stereocenters. The summed E-state index contributed by atoms with van der Waals surface area (Å²) in [4.78, 5) is 9.37. The summed E-state index contributed by atoms with van der Waals surface area (Å²) in [5.74, 6) is 0.0435. The second-order valence-corrected chi connectivity index (χ2v) is 6.39. The highest BCUT2D eigenvalue weighted by molar-refractivity contribution is 5.93. The lowest BCUT2D eigenvalue weighted by Crippen LogP contribution is -2.58. The number of amidine groups is 1. The zero-order chi connectivity index (χ0) is 14.8. The SMILES string of the molecule is CC1CN2CCCCC2CN1Cc1ccnc(C(=N)N)c1. The summed E-state index contributed by atoms with van der Waals surface area (Å²) in [7, 11) is 0. The predicted octanol–water partition coefficient (Wildman–Crippen LogP) is 1.42. The van der Waals surface area contributed by atoms with Gasteiger partial charge in [-0.3, -0.25) is 20.2 Å². The van der Waals surface area contributed by atoms with E-state index >= 15 is 0 Å². The van der Waals surface area contributed by atoms with Crippen LogP contribution in [0.3, 0.4) is 0 Å². The second kappa shape index (κ2) is 6.12. The third-order valence-electron chi connectivity index (χ3n) is 4.80. The fourth-order valence-corrected chi connectivity index (χ4v) is 3.59. The Morgan fingerprint density at radius 3 is 3.10 bits per heavy atom. The fraction of sp³-hybridized carbons (Fsp3) is 0.625. The van der Waals surface area contributed by atoms with E-state index in [1.54, 1.807) is 6.20 Å². The number of rotatable bonds is 3. The normalized spacial score (nSPS) is 27.3. The van der Waals surface area contributed by atoms with Crippen LogP contribution in [0.2, 0.25) is 0 Å². The Kier molecular flexibility index (Phi) is 4.22. The van der Waals surface area contributed by atoms with Crippen molar-refractivity contribution in [2.45, 2.75) is 44.8 Å². The highest BCUT2D eigenvalue weighted by atomic mass is 15.3. The number of aromatic nitrogens is 1. The maximum Gasteiger partial charge on any atom is 0.141 e. The number of nitrogen functional groups attached to an aromatic ring is 1. The van der Waals surface area contributed by atoms with Gasteiger partial charge in [0.05, 0.1) is 0 Å². The molecule has 114 valence electrons. The van der Waals surface area contributed by atoms with E-state index in [4.69, 9.17) is 11.1 Å². The Morgan fingerprint density at radius 2 is 2.29 bits per heavy atom. The van der Waals surface area contributed by atoms with Crippen LogP contribution in [-0.2, 0) is 6.54 Å². The van der Waals surface area contributed by atoms with E-state index in [-0.39, 0.29) is 5.84 Å². The zero-order valence-electron chi connectivity index (χ0n) is 12.8. The number of pyridine rings is 1. The van der Waals surface area contributed by atoms with E-state index < -0.39 is 0 Å². The Labute approximate surface area is 126 Å². The van der Waals surface area contributed by atoms with Crippen molar-refractivity contribution in [3.05, 3.63) is 29.6 Å². The minimum Gasteiger partial charge on any atom is -0.382 e. The molecule has 0 spiro atoms. The maximum atomic E-state index is 7.51. The summed E-state index contributed by atoms with van der Waals surface area (Å²) in [6, 6.07) is 5.28. The van der Waals surface area contributed by atoms with Crippen LogP contribution in [0, 0.1) is 5.41 Å². The van der Waals surface area contributed by atoms with E-state index in [9.17, 15) is 0 Å². The van der Waals surface area contributed by atoms with Gasteiger partial charge in [-0.15, -0.1) is 0 Å². The van der Waals surface area contributed by atoms with Gasteiger partial charge in [0.2, 0.25) is 0 Å². The van der Waals surface area contributed by atoms with E-state index in [2.05, 4.69) is 21.7 Å². The number of nitrogens with one attached hydrogen (secondary N) is 1. The van der Waals surface area contributed by atoms with E-state index in [0.717, 1.165) is 19.1 Å². The Hall–Kier alpha value is -1.46. The molecule has 2 atom stereocenters. The maximum absolute atomic E-state index is 7.51. The van der Waals surface area contributed by atoms with Crippen LogP contribution in [0.4, 0.5) is 0 Å². The molecule has 0 bridgehead atoms. The standard InChI is InChI=1S/C16H25N5/c1-12-9-20-7-3-2-4-14(20)11-21(12)10-13-5-6-19-15(8-13)16(17)18/h5-6,8,12,14H,2-4,7,9-11H2,1H3,(H3,17,18). The first kappa shape index (κ1) is 14.5. The van der Waals surface area contributed by atoms with Crippen LogP contribution in [0.5, 0.6) is 0 Å². The summed E-state index contributed by atoms with van der Waals surface area (Å²) < 4.78 is 0. The topological polar surface area (TPSA) is 69.2 Å². The van der Waals surface area contributed by atoms with Crippen molar-refractivity contribution in [1.82, 2.24) is 14.8 Å². The number of nitrogens with zero attached hydrogens (tertiary/aromatic N) is 3. The van der Waals surface area contributed by atoms with Gasteiger partial charge in [0.15, 0.2) is 0 Å². The quantitative estimate of drug-likeness (QED) is 0.652. The van der Waals surface area contributed by atoms with Crippen molar-refractivity contribution in [3.63, 3.8) is 0 Å². The van der Waals surface area contributed by atoms with Crippen molar-refractivity contribution >= 4 is 5.84 Å². The van der Waals surface area contributed by atoms with Crippen molar-refractivity contribution in [2.24, 2.45) is 5.73 Å². The number of hydrogen-bond acceptors (Lipinski definition) is 4. The van der Waals surface area contributed by atoms with Crippen molar-refractivity contribution in [1.29, 1.82) is 5.41 Å². The highest BCUT2D eigenvalue weighted by Crippen LogP contribution is 2.25. The molecule has 0 aliphatic carbocycles. The van der Waals surface area contributed by atoms with Crippen molar-refractivity contribution in [2.75, 3.05) is 19.6 Å². The van der Waals surface area contributed by atoms with Gasteiger partial charge >= 0.3 is 0 Å². The first-order valence-electron chi connectivity index (χ1n) is 7.91. The van der Waals surface area contributed by atoms with E-state index in [0.29, 0.717) is 11.7 Å². The lowest BCUT2D eigenvalue weighted by Gasteiger charge is -2.47. The zero-order valence-corrected chi connectivity index (χ0v) is 12.8. The van der Waals surface area contributed by atoms with Crippen LogP contribution in [0.15, 0.2) is 18.3 Å². The first-order valence-corrected chi connectivity index (χ1v) is 7.91. The van der Waals surface area contributed by atoms with E-state index in [1.165, 1.54) is 37.9 Å². The Morgan fingerprint density at radius 1 is 1.43 bits per heavy atom. The van der Waals surface area contributed by atoms with Crippen LogP contribution < -0.4 is 5.73 Å². The van der Waals surface area contributed by atoms with Gasteiger partial charge < -0.3 is 5.73 Å². The summed E-state index contributed by atoms with van der Waals surface area (Å²) in [5.41, 5.74) is 7.31. The summed E-state index contributed by atoms with van der Waals surface area (Å²) in [5, 5.41) is 7.51. The van der Waals surface area contributed by atoms with Gasteiger partial charge in [-0.05, 0) is 44.0 Å². The largest absolute Gasteiger partial charge is 0.382 e. The van der Waals surface area contributed by atoms with E-state index in [1.807, 2.05) is 12.1 Å². The molecule has 2 fully saturated rings. The lowest BCUT2D eigenvalue weighted by atomic mass is 9.97. The summed E-state index contributed by atoms with van der Waals surface area (Å²) in [6.45, 7) is 6.84. The number of nitrogens with two attached hydrogens (primary N) is 1. The molecule has 5 nitrogen and oxygen atoms in total. The predicted molar refractivity (Wildman–Crippen MR) is 84.3 cm³/mol.